The van der Waals surface area contributed by atoms with E-state index in [4.69, 9.17) is 19.7 Å². The molecule has 0 N–H and O–H groups in total. The van der Waals surface area contributed by atoms with Gasteiger partial charge in [0.05, 0.1) is 28.2 Å². The van der Waals surface area contributed by atoms with Crippen LogP contribution in [-0.2, 0) is 5.41 Å². The first-order valence-corrected chi connectivity index (χ1v) is 20.7. The SMILES string of the molecule is c1ccc(-c2cc(-c3ccc4c(c3)-c3cc(-c5cc(-c6ccncc6)nc(-c6ccncc6)c5)ccc3C43c4ccccc4Oc4ccccc43)nc(-c3ccccc3)n2)cc1. The summed E-state index contributed by atoms with van der Waals surface area (Å²) in [6.45, 7) is 0. The third kappa shape index (κ3) is 5.76. The summed E-state index contributed by atoms with van der Waals surface area (Å²) in [5.41, 5.74) is 16.9. The van der Waals surface area contributed by atoms with Crippen LogP contribution < -0.4 is 4.74 Å². The summed E-state index contributed by atoms with van der Waals surface area (Å²) >= 11 is 0. The van der Waals surface area contributed by atoms with Crippen LogP contribution >= 0.6 is 0 Å². The van der Waals surface area contributed by atoms with Gasteiger partial charge in [-0.2, -0.15) is 0 Å². The molecule has 5 heterocycles. The van der Waals surface area contributed by atoms with E-state index in [0.29, 0.717) is 5.82 Å². The van der Waals surface area contributed by atoms with Crippen LogP contribution in [0.4, 0.5) is 0 Å². The Balaban J connectivity index is 1.11. The monoisotopic (exact) mass is 793 g/mol. The Morgan fingerprint density at radius 3 is 1.34 bits per heavy atom. The van der Waals surface area contributed by atoms with Crippen LogP contribution in [0.15, 0.2) is 213 Å². The number of rotatable bonds is 6. The molecule has 0 saturated carbocycles. The fourth-order valence-electron chi connectivity index (χ4n) is 9.35. The minimum absolute atomic E-state index is 0.633. The van der Waals surface area contributed by atoms with E-state index in [-0.39, 0.29) is 0 Å². The van der Waals surface area contributed by atoms with Crippen molar-refractivity contribution in [2.24, 2.45) is 0 Å². The number of para-hydroxylation sites is 2. The van der Waals surface area contributed by atoms with Gasteiger partial charge < -0.3 is 4.74 Å². The van der Waals surface area contributed by atoms with Crippen molar-refractivity contribution in [3.63, 3.8) is 0 Å². The van der Waals surface area contributed by atoms with E-state index < -0.39 is 5.41 Å². The molecule has 0 unspecified atom stereocenters. The second-order valence-electron chi connectivity index (χ2n) is 15.7. The number of nitrogens with zero attached hydrogens (tertiary/aromatic N) is 5. The molecule has 1 spiro atoms. The highest BCUT2D eigenvalue weighted by molar-refractivity contribution is 5.93. The fourth-order valence-corrected chi connectivity index (χ4v) is 9.35. The Morgan fingerprint density at radius 1 is 0.306 bits per heavy atom. The van der Waals surface area contributed by atoms with E-state index in [1.165, 1.54) is 11.1 Å². The molecule has 0 saturated heterocycles. The predicted octanol–water partition coefficient (Wildman–Crippen LogP) is 13.1. The number of aromatic nitrogens is 5. The molecule has 10 aromatic rings. The van der Waals surface area contributed by atoms with E-state index in [1.54, 1.807) is 0 Å². The van der Waals surface area contributed by atoms with Gasteiger partial charge in [0.15, 0.2) is 5.82 Å². The maximum absolute atomic E-state index is 6.67. The average molecular weight is 794 g/mol. The van der Waals surface area contributed by atoms with Gasteiger partial charge in [-0.15, -0.1) is 0 Å². The largest absolute Gasteiger partial charge is 0.457 e. The molecule has 62 heavy (non-hydrogen) atoms. The van der Waals surface area contributed by atoms with Crippen molar-refractivity contribution >= 4 is 0 Å². The highest BCUT2D eigenvalue weighted by atomic mass is 16.5. The molecule has 0 fully saturated rings. The molecule has 4 aromatic heterocycles. The van der Waals surface area contributed by atoms with Gasteiger partial charge in [-0.25, -0.2) is 15.0 Å². The van der Waals surface area contributed by atoms with Gasteiger partial charge >= 0.3 is 0 Å². The van der Waals surface area contributed by atoms with Crippen LogP contribution in [0.2, 0.25) is 0 Å². The van der Waals surface area contributed by atoms with Crippen molar-refractivity contribution < 1.29 is 4.74 Å². The first-order valence-electron chi connectivity index (χ1n) is 20.7. The van der Waals surface area contributed by atoms with Gasteiger partial charge in [0.25, 0.3) is 0 Å². The second-order valence-corrected chi connectivity index (χ2v) is 15.7. The topological polar surface area (TPSA) is 73.7 Å². The van der Waals surface area contributed by atoms with Crippen molar-refractivity contribution in [3.05, 3.63) is 235 Å². The summed E-state index contributed by atoms with van der Waals surface area (Å²) in [4.78, 5) is 24.1. The zero-order valence-electron chi connectivity index (χ0n) is 33.4. The molecule has 0 amide bonds. The van der Waals surface area contributed by atoms with Gasteiger partial charge in [0, 0.05) is 63.7 Å². The Morgan fingerprint density at radius 2 is 0.758 bits per heavy atom. The van der Waals surface area contributed by atoms with Gasteiger partial charge in [-0.1, -0.05) is 121 Å². The molecular formula is C56H35N5O. The van der Waals surface area contributed by atoms with Gasteiger partial charge in [0.1, 0.15) is 11.5 Å². The van der Waals surface area contributed by atoms with Crippen molar-refractivity contribution in [2.75, 3.05) is 0 Å². The van der Waals surface area contributed by atoms with E-state index in [2.05, 4.69) is 149 Å². The van der Waals surface area contributed by atoms with Crippen LogP contribution in [0.5, 0.6) is 11.5 Å². The molecule has 0 atom stereocenters. The lowest BCUT2D eigenvalue weighted by Crippen LogP contribution is -2.32. The molecule has 6 nitrogen and oxygen atoms in total. The lowest BCUT2D eigenvalue weighted by Gasteiger charge is -2.39. The first kappa shape index (κ1) is 35.6. The van der Waals surface area contributed by atoms with Crippen LogP contribution in [0.3, 0.4) is 0 Å². The summed E-state index contributed by atoms with van der Waals surface area (Å²) in [6, 6.07) is 65.8. The van der Waals surface area contributed by atoms with Crippen molar-refractivity contribution in [2.45, 2.75) is 5.41 Å². The Labute approximate surface area is 359 Å². The standard InChI is InChI=1S/C56H35N5O/c1-3-11-36(12-4-1)51-35-52(61-55(60-51)39-13-5-2-6-14-39)41-20-22-46-44(32-41)43-31-40(42-33-49(37-23-27-57-28-24-37)59-50(34-42)38-25-29-58-30-26-38)19-21-45(43)56(46)47-15-7-9-17-53(47)62-54-18-10-8-16-48(54)56/h1-35H. The molecule has 1 aliphatic carbocycles. The molecule has 290 valence electrons. The normalized spacial score (nSPS) is 12.8. The van der Waals surface area contributed by atoms with E-state index >= 15 is 0 Å². The molecule has 6 aromatic carbocycles. The van der Waals surface area contributed by atoms with Crippen molar-refractivity contribution in [1.29, 1.82) is 0 Å². The third-order valence-corrected chi connectivity index (χ3v) is 12.2. The van der Waals surface area contributed by atoms with Crippen LogP contribution in [-0.4, -0.2) is 24.9 Å². The Bertz CT molecular complexity index is 2980. The number of fused-ring (bicyclic) bond motifs is 9. The fraction of sp³-hybridized carbons (Fsp3) is 0.0179. The lowest BCUT2D eigenvalue weighted by molar-refractivity contribution is 0.436. The quantitative estimate of drug-likeness (QED) is 0.167. The summed E-state index contributed by atoms with van der Waals surface area (Å²) < 4.78 is 6.67. The molecule has 6 heteroatoms. The second kappa shape index (κ2) is 14.4. The molecule has 2 aliphatic rings. The van der Waals surface area contributed by atoms with Gasteiger partial charge in [0.2, 0.25) is 0 Å². The minimum atomic E-state index is -0.633. The first-order chi connectivity index (χ1) is 30.7. The Kier molecular flexibility index (Phi) is 8.28. The number of ether oxygens (including phenoxy) is 1. The maximum Gasteiger partial charge on any atom is 0.160 e. The molecule has 0 bridgehead atoms. The number of pyridine rings is 3. The molecular weight excluding hydrogens is 759 g/mol. The smallest absolute Gasteiger partial charge is 0.160 e. The third-order valence-electron chi connectivity index (χ3n) is 12.2. The molecule has 1 aliphatic heterocycles. The number of benzene rings is 6. The number of hydrogen-bond donors (Lipinski definition) is 0. The van der Waals surface area contributed by atoms with Crippen LogP contribution in [0.1, 0.15) is 22.3 Å². The summed E-state index contributed by atoms with van der Waals surface area (Å²) in [7, 11) is 0. The predicted molar refractivity (Wildman–Crippen MR) is 245 cm³/mol. The van der Waals surface area contributed by atoms with E-state index in [9.17, 15) is 0 Å². The molecule has 12 rings (SSSR count). The highest BCUT2D eigenvalue weighted by Gasteiger charge is 2.51. The lowest BCUT2D eigenvalue weighted by atomic mass is 9.66. The number of hydrogen-bond acceptors (Lipinski definition) is 6. The molecule has 0 radical (unpaired) electrons. The zero-order valence-corrected chi connectivity index (χ0v) is 33.4. The summed E-state index contributed by atoms with van der Waals surface area (Å²) in [5.74, 6) is 2.39. The van der Waals surface area contributed by atoms with Gasteiger partial charge in [-0.05, 0) is 100 Å². The highest BCUT2D eigenvalue weighted by Crippen LogP contribution is 2.62. The summed E-state index contributed by atoms with van der Waals surface area (Å²) in [6.07, 6.45) is 7.25. The van der Waals surface area contributed by atoms with E-state index in [1.807, 2.05) is 73.3 Å². The zero-order chi connectivity index (χ0) is 41.0. The van der Waals surface area contributed by atoms with Crippen molar-refractivity contribution in [3.8, 4) is 90.2 Å². The van der Waals surface area contributed by atoms with Gasteiger partial charge in [-0.3, -0.25) is 9.97 Å². The maximum atomic E-state index is 6.67. The minimum Gasteiger partial charge on any atom is -0.457 e. The van der Waals surface area contributed by atoms with Crippen molar-refractivity contribution in [1.82, 2.24) is 24.9 Å². The summed E-state index contributed by atoms with van der Waals surface area (Å²) in [5, 5.41) is 0. The van der Waals surface area contributed by atoms with Crippen LogP contribution in [0.25, 0.3) is 78.7 Å². The Hall–Kier alpha value is -8.35. The van der Waals surface area contributed by atoms with Crippen LogP contribution in [0, 0.1) is 0 Å². The van der Waals surface area contributed by atoms with E-state index in [0.717, 1.165) is 95.5 Å². The average Bonchev–Trinajstić information content (AvgIpc) is 3.64.